The average molecular weight is 308 g/mol. The molecule has 0 radical (unpaired) electrons. The smallest absolute Gasteiger partial charge is 0.227 e. The Balaban J connectivity index is 2.14. The first kappa shape index (κ1) is 13.3. The topological polar surface area (TPSA) is 29.1 Å². The molecule has 1 aromatic carbocycles. The van der Waals surface area contributed by atoms with Crippen molar-refractivity contribution < 1.29 is 4.79 Å². The monoisotopic (exact) mass is 307 g/mol. The van der Waals surface area contributed by atoms with Crippen LogP contribution >= 0.6 is 15.9 Å². The van der Waals surface area contributed by atoms with Crippen LogP contribution in [-0.4, -0.2) is 5.91 Å². The zero-order chi connectivity index (χ0) is 13.1. The van der Waals surface area contributed by atoms with Crippen LogP contribution < -0.4 is 5.32 Å². The number of carbonyl (C=O) groups excluding carboxylic acids is 1. The molecule has 1 N–H and O–H groups in total. The van der Waals surface area contributed by atoms with E-state index in [0.29, 0.717) is 0 Å². The van der Waals surface area contributed by atoms with Crippen LogP contribution in [0.1, 0.15) is 30.4 Å². The molecule has 18 heavy (non-hydrogen) atoms. The number of hydrogen-bond donors (Lipinski definition) is 1. The van der Waals surface area contributed by atoms with Gasteiger partial charge in [0.25, 0.3) is 0 Å². The van der Waals surface area contributed by atoms with E-state index in [1.165, 1.54) is 5.56 Å². The Morgan fingerprint density at radius 2 is 2.11 bits per heavy atom. The lowest BCUT2D eigenvalue weighted by atomic mass is 9.93. The van der Waals surface area contributed by atoms with Gasteiger partial charge in [-0.3, -0.25) is 4.79 Å². The first-order valence-electron chi connectivity index (χ1n) is 6.30. The highest BCUT2D eigenvalue weighted by Gasteiger charge is 2.20. The van der Waals surface area contributed by atoms with Gasteiger partial charge in [-0.15, -0.1) is 0 Å². The summed E-state index contributed by atoms with van der Waals surface area (Å²) in [6.45, 7) is 4.07. The van der Waals surface area contributed by atoms with Crippen molar-refractivity contribution in [2.75, 3.05) is 5.32 Å². The Morgan fingerprint density at radius 3 is 2.72 bits per heavy atom. The van der Waals surface area contributed by atoms with Gasteiger partial charge in [0.15, 0.2) is 0 Å². The van der Waals surface area contributed by atoms with Gasteiger partial charge in [0.05, 0.1) is 5.69 Å². The molecule has 3 heteroatoms. The van der Waals surface area contributed by atoms with Crippen molar-refractivity contribution in [1.29, 1.82) is 0 Å². The average Bonchev–Trinajstić information content (AvgIpc) is 2.34. The quantitative estimate of drug-likeness (QED) is 0.808. The summed E-state index contributed by atoms with van der Waals surface area (Å²) < 4.78 is 0.958. The third kappa shape index (κ3) is 3.02. The van der Waals surface area contributed by atoms with Crippen molar-refractivity contribution in [3.63, 3.8) is 0 Å². The molecule has 96 valence electrons. The number of halogens is 1. The van der Waals surface area contributed by atoms with E-state index >= 15 is 0 Å². The van der Waals surface area contributed by atoms with Crippen LogP contribution in [0.3, 0.4) is 0 Å². The first-order chi connectivity index (χ1) is 8.58. The molecule has 1 atom stereocenters. The second-order valence-electron chi connectivity index (χ2n) is 4.91. The lowest BCUT2D eigenvalue weighted by Crippen LogP contribution is -2.24. The standard InChI is InChI=1S/C15H18BrNO/c1-10-8-11(2)14(13(16)9-10)17-15(18)12-6-4-3-5-7-12/h3-4,8-9,12H,5-7H2,1-2H3,(H,17,18). The van der Waals surface area contributed by atoms with Gasteiger partial charge in [-0.05, 0) is 66.2 Å². The minimum Gasteiger partial charge on any atom is -0.325 e. The normalized spacial score (nSPS) is 18.7. The van der Waals surface area contributed by atoms with Crippen molar-refractivity contribution in [3.8, 4) is 0 Å². The number of carbonyl (C=O) groups is 1. The maximum absolute atomic E-state index is 12.2. The third-order valence-electron chi connectivity index (χ3n) is 3.32. The molecule has 2 nitrogen and oxygen atoms in total. The minimum absolute atomic E-state index is 0.114. The number of benzene rings is 1. The molecule has 1 amide bonds. The number of hydrogen-bond acceptors (Lipinski definition) is 1. The van der Waals surface area contributed by atoms with E-state index in [4.69, 9.17) is 0 Å². The van der Waals surface area contributed by atoms with E-state index in [-0.39, 0.29) is 11.8 Å². The van der Waals surface area contributed by atoms with Gasteiger partial charge in [0.1, 0.15) is 0 Å². The third-order valence-corrected chi connectivity index (χ3v) is 3.95. The summed E-state index contributed by atoms with van der Waals surface area (Å²) >= 11 is 3.52. The summed E-state index contributed by atoms with van der Waals surface area (Å²) in [4.78, 5) is 12.2. The summed E-state index contributed by atoms with van der Waals surface area (Å²) in [5, 5.41) is 3.06. The molecule has 0 saturated heterocycles. The summed E-state index contributed by atoms with van der Waals surface area (Å²) in [7, 11) is 0. The first-order valence-corrected chi connectivity index (χ1v) is 7.10. The van der Waals surface area contributed by atoms with Crippen molar-refractivity contribution in [3.05, 3.63) is 39.9 Å². The van der Waals surface area contributed by atoms with Gasteiger partial charge in [0, 0.05) is 10.4 Å². The molecule has 0 fully saturated rings. The SMILES string of the molecule is Cc1cc(C)c(NC(=O)C2CC=CCC2)c(Br)c1. The van der Waals surface area contributed by atoms with Gasteiger partial charge in [-0.1, -0.05) is 18.2 Å². The molecule has 0 bridgehead atoms. The number of allylic oxidation sites excluding steroid dienone is 2. The number of aryl methyl sites for hydroxylation is 2. The molecule has 1 aromatic rings. The van der Waals surface area contributed by atoms with Crippen LogP contribution in [0.2, 0.25) is 0 Å². The summed E-state index contributed by atoms with van der Waals surface area (Å²) in [6.07, 6.45) is 7.06. The second kappa shape index (κ2) is 5.70. The molecule has 2 rings (SSSR count). The fourth-order valence-corrected chi connectivity index (χ4v) is 3.10. The number of anilines is 1. The lowest BCUT2D eigenvalue weighted by molar-refractivity contribution is -0.120. The van der Waals surface area contributed by atoms with Crippen molar-refractivity contribution in [1.82, 2.24) is 0 Å². The van der Waals surface area contributed by atoms with Crippen molar-refractivity contribution >= 4 is 27.5 Å². The molecule has 0 aromatic heterocycles. The van der Waals surface area contributed by atoms with E-state index in [1.807, 2.05) is 13.0 Å². The second-order valence-corrected chi connectivity index (χ2v) is 5.76. The number of nitrogens with one attached hydrogen (secondary N) is 1. The lowest BCUT2D eigenvalue weighted by Gasteiger charge is -2.19. The maximum Gasteiger partial charge on any atom is 0.227 e. The van der Waals surface area contributed by atoms with Crippen LogP contribution in [-0.2, 0) is 4.79 Å². The minimum atomic E-state index is 0.114. The zero-order valence-electron chi connectivity index (χ0n) is 10.8. The molecule has 0 heterocycles. The molecule has 0 aliphatic heterocycles. The Labute approximate surface area is 117 Å². The van der Waals surface area contributed by atoms with Crippen LogP contribution in [0.15, 0.2) is 28.8 Å². The Morgan fingerprint density at radius 1 is 1.33 bits per heavy atom. The highest BCUT2D eigenvalue weighted by atomic mass is 79.9. The largest absolute Gasteiger partial charge is 0.325 e. The van der Waals surface area contributed by atoms with Gasteiger partial charge in [-0.2, -0.15) is 0 Å². The maximum atomic E-state index is 12.2. The van der Waals surface area contributed by atoms with E-state index in [1.54, 1.807) is 0 Å². The van der Waals surface area contributed by atoms with Crippen molar-refractivity contribution in [2.45, 2.75) is 33.1 Å². The van der Waals surface area contributed by atoms with Crippen LogP contribution in [0.25, 0.3) is 0 Å². The molecular formula is C15H18BrNO. The summed E-state index contributed by atoms with van der Waals surface area (Å²) in [5.74, 6) is 0.245. The molecule has 0 spiro atoms. The molecule has 1 aliphatic carbocycles. The van der Waals surface area contributed by atoms with E-state index in [9.17, 15) is 4.79 Å². The summed E-state index contributed by atoms with van der Waals surface area (Å²) in [5.41, 5.74) is 3.19. The highest BCUT2D eigenvalue weighted by Crippen LogP contribution is 2.29. The molecule has 0 saturated carbocycles. The predicted molar refractivity (Wildman–Crippen MR) is 78.7 cm³/mol. The zero-order valence-corrected chi connectivity index (χ0v) is 12.4. The Bertz CT molecular complexity index is 470. The Hall–Kier alpha value is -1.09. The molecule has 1 aliphatic rings. The van der Waals surface area contributed by atoms with Crippen LogP contribution in [0.4, 0.5) is 5.69 Å². The number of amides is 1. The van der Waals surface area contributed by atoms with Crippen LogP contribution in [0.5, 0.6) is 0 Å². The molecule has 1 unspecified atom stereocenters. The van der Waals surface area contributed by atoms with Gasteiger partial charge < -0.3 is 5.32 Å². The fraction of sp³-hybridized carbons (Fsp3) is 0.400. The van der Waals surface area contributed by atoms with Gasteiger partial charge in [-0.25, -0.2) is 0 Å². The predicted octanol–water partition coefficient (Wildman–Crippen LogP) is 4.36. The van der Waals surface area contributed by atoms with Gasteiger partial charge in [0.2, 0.25) is 5.91 Å². The molecular weight excluding hydrogens is 290 g/mol. The van der Waals surface area contributed by atoms with E-state index < -0.39 is 0 Å². The fourth-order valence-electron chi connectivity index (χ4n) is 2.33. The highest BCUT2D eigenvalue weighted by molar-refractivity contribution is 9.10. The van der Waals surface area contributed by atoms with E-state index in [2.05, 4.69) is 46.4 Å². The van der Waals surface area contributed by atoms with Crippen LogP contribution in [0, 0.1) is 19.8 Å². The summed E-state index contributed by atoms with van der Waals surface area (Å²) in [6, 6.07) is 4.12. The Kier molecular flexibility index (Phi) is 4.23. The van der Waals surface area contributed by atoms with Gasteiger partial charge >= 0.3 is 0 Å². The van der Waals surface area contributed by atoms with E-state index in [0.717, 1.165) is 35.0 Å². The number of rotatable bonds is 2. The van der Waals surface area contributed by atoms with Crippen molar-refractivity contribution in [2.24, 2.45) is 5.92 Å².